The zero-order chi connectivity index (χ0) is 20.6. The molecule has 0 saturated carbocycles. The van der Waals surface area contributed by atoms with Crippen molar-refractivity contribution >= 4 is 45.3 Å². The first kappa shape index (κ1) is 20.9. The highest BCUT2D eigenvalue weighted by molar-refractivity contribution is 8.00. The van der Waals surface area contributed by atoms with E-state index in [-0.39, 0.29) is 11.5 Å². The number of nitrogens with one attached hydrogen (secondary N) is 1. The van der Waals surface area contributed by atoms with Crippen LogP contribution in [0, 0.1) is 11.8 Å². The van der Waals surface area contributed by atoms with Crippen LogP contribution in [0.1, 0.15) is 44.6 Å². The van der Waals surface area contributed by atoms with Crippen molar-refractivity contribution in [3.05, 3.63) is 20.8 Å². The van der Waals surface area contributed by atoms with Gasteiger partial charge in [-0.2, -0.15) is 0 Å². The van der Waals surface area contributed by atoms with Gasteiger partial charge in [0.15, 0.2) is 5.16 Å². The third kappa shape index (κ3) is 4.25. The Morgan fingerprint density at radius 3 is 2.75 bits per heavy atom. The SMILES string of the molecule is CC(C)Cn1c(SC(C)C(=O)NC(N)=O)nc2sc3c(c2c1=O)CCC(C)C3. The summed E-state index contributed by atoms with van der Waals surface area (Å²) in [4.78, 5) is 43.2. The Morgan fingerprint density at radius 2 is 2.11 bits per heavy atom. The molecular formula is C19H26N4O3S2. The van der Waals surface area contributed by atoms with Gasteiger partial charge in [0.05, 0.1) is 10.6 Å². The van der Waals surface area contributed by atoms with Crippen molar-refractivity contribution in [2.45, 2.75) is 63.9 Å². The van der Waals surface area contributed by atoms with Gasteiger partial charge in [0, 0.05) is 11.4 Å². The fourth-order valence-corrected chi connectivity index (χ4v) is 5.80. The Kier molecular flexibility index (Phi) is 6.14. The number of aryl methyl sites for hydroxylation is 1. The lowest BCUT2D eigenvalue weighted by Crippen LogP contribution is -2.39. The molecular weight excluding hydrogens is 396 g/mol. The summed E-state index contributed by atoms with van der Waals surface area (Å²) < 4.78 is 1.68. The predicted octanol–water partition coefficient (Wildman–Crippen LogP) is 2.91. The third-order valence-electron chi connectivity index (χ3n) is 4.83. The number of nitrogens with zero attached hydrogens (tertiary/aromatic N) is 2. The van der Waals surface area contributed by atoms with Crippen molar-refractivity contribution in [3.8, 4) is 0 Å². The highest BCUT2D eigenvalue weighted by Crippen LogP contribution is 2.37. The molecule has 0 aliphatic heterocycles. The zero-order valence-electron chi connectivity index (χ0n) is 16.6. The van der Waals surface area contributed by atoms with E-state index in [1.165, 1.54) is 16.6 Å². The highest BCUT2D eigenvalue weighted by Gasteiger charge is 2.26. The van der Waals surface area contributed by atoms with E-state index in [1.54, 1.807) is 22.8 Å². The van der Waals surface area contributed by atoms with Crippen molar-refractivity contribution in [2.24, 2.45) is 17.6 Å². The minimum atomic E-state index is -0.888. The van der Waals surface area contributed by atoms with Crippen molar-refractivity contribution in [1.29, 1.82) is 0 Å². The number of carbonyl (C=O) groups excluding carboxylic acids is 2. The number of rotatable bonds is 5. The first-order chi connectivity index (χ1) is 13.2. The molecule has 3 rings (SSSR count). The lowest BCUT2D eigenvalue weighted by atomic mass is 9.89. The maximum absolute atomic E-state index is 13.4. The highest BCUT2D eigenvalue weighted by atomic mass is 32.2. The number of amides is 3. The first-order valence-corrected chi connectivity index (χ1v) is 11.2. The molecule has 0 bridgehead atoms. The quantitative estimate of drug-likeness (QED) is 0.569. The summed E-state index contributed by atoms with van der Waals surface area (Å²) >= 11 is 2.77. The van der Waals surface area contributed by atoms with Gasteiger partial charge in [-0.05, 0) is 43.6 Å². The van der Waals surface area contributed by atoms with Crippen LogP contribution in [0.5, 0.6) is 0 Å². The monoisotopic (exact) mass is 422 g/mol. The van der Waals surface area contributed by atoms with E-state index in [9.17, 15) is 14.4 Å². The number of fused-ring (bicyclic) bond motifs is 3. The van der Waals surface area contributed by atoms with Crippen LogP contribution in [0.3, 0.4) is 0 Å². The Morgan fingerprint density at radius 1 is 1.39 bits per heavy atom. The van der Waals surface area contributed by atoms with Gasteiger partial charge >= 0.3 is 6.03 Å². The molecule has 9 heteroatoms. The van der Waals surface area contributed by atoms with Gasteiger partial charge in [-0.15, -0.1) is 11.3 Å². The molecule has 28 heavy (non-hydrogen) atoms. The minimum absolute atomic E-state index is 0.0317. The molecule has 0 radical (unpaired) electrons. The molecule has 3 N–H and O–H groups in total. The van der Waals surface area contributed by atoms with Crippen molar-refractivity contribution in [1.82, 2.24) is 14.9 Å². The van der Waals surface area contributed by atoms with E-state index >= 15 is 0 Å². The molecule has 2 atom stereocenters. The molecule has 1 aliphatic rings. The lowest BCUT2D eigenvalue weighted by Gasteiger charge is -2.18. The number of thiophene rings is 1. The van der Waals surface area contributed by atoms with Crippen molar-refractivity contribution in [3.63, 3.8) is 0 Å². The molecule has 2 aromatic heterocycles. The average molecular weight is 423 g/mol. The Bertz CT molecular complexity index is 980. The Labute approximate surface area is 172 Å². The van der Waals surface area contributed by atoms with E-state index in [1.807, 2.05) is 13.8 Å². The van der Waals surface area contributed by atoms with Crippen LogP contribution in [0.25, 0.3) is 10.2 Å². The molecule has 1 aliphatic carbocycles. The summed E-state index contributed by atoms with van der Waals surface area (Å²) in [5, 5.41) is 2.73. The molecule has 0 aromatic carbocycles. The zero-order valence-corrected chi connectivity index (χ0v) is 18.2. The van der Waals surface area contributed by atoms with E-state index in [4.69, 9.17) is 10.7 Å². The second kappa shape index (κ2) is 8.24. The van der Waals surface area contributed by atoms with Crippen LogP contribution in [-0.4, -0.2) is 26.7 Å². The lowest BCUT2D eigenvalue weighted by molar-refractivity contribution is -0.119. The van der Waals surface area contributed by atoms with Crippen LogP contribution < -0.4 is 16.6 Å². The molecule has 0 fully saturated rings. The number of thioether (sulfide) groups is 1. The van der Waals surface area contributed by atoms with Crippen molar-refractivity contribution in [2.75, 3.05) is 0 Å². The van der Waals surface area contributed by atoms with Crippen LogP contribution in [0.15, 0.2) is 9.95 Å². The summed E-state index contributed by atoms with van der Waals surface area (Å²) in [6, 6.07) is -0.888. The summed E-state index contributed by atoms with van der Waals surface area (Å²) in [7, 11) is 0. The number of aromatic nitrogens is 2. The van der Waals surface area contributed by atoms with Gasteiger partial charge in [0.25, 0.3) is 5.56 Å². The van der Waals surface area contributed by atoms with Gasteiger partial charge in [-0.25, -0.2) is 9.78 Å². The average Bonchev–Trinajstić information content (AvgIpc) is 2.94. The molecule has 2 heterocycles. The maximum Gasteiger partial charge on any atom is 0.318 e. The van der Waals surface area contributed by atoms with Gasteiger partial charge in [-0.1, -0.05) is 32.5 Å². The molecule has 0 spiro atoms. The minimum Gasteiger partial charge on any atom is -0.351 e. The normalized spacial score (nSPS) is 17.5. The second-order valence-electron chi connectivity index (χ2n) is 7.85. The third-order valence-corrected chi connectivity index (χ3v) is 7.06. The summed E-state index contributed by atoms with van der Waals surface area (Å²) in [5.41, 5.74) is 6.16. The number of nitrogens with two attached hydrogens (primary N) is 1. The van der Waals surface area contributed by atoms with E-state index < -0.39 is 17.2 Å². The number of imide groups is 1. The summed E-state index contributed by atoms with van der Waals surface area (Å²) in [5.74, 6) is 0.368. The van der Waals surface area contributed by atoms with Gasteiger partial charge in [-0.3, -0.25) is 19.5 Å². The number of urea groups is 1. The molecule has 152 valence electrons. The molecule has 3 amide bonds. The molecule has 2 unspecified atom stereocenters. The van der Waals surface area contributed by atoms with Gasteiger partial charge in [0.2, 0.25) is 5.91 Å². The van der Waals surface area contributed by atoms with Crippen LogP contribution in [0.4, 0.5) is 4.79 Å². The van der Waals surface area contributed by atoms with Gasteiger partial charge < -0.3 is 5.73 Å². The number of carbonyl (C=O) groups is 2. The Balaban J connectivity index is 2.07. The van der Waals surface area contributed by atoms with Crippen LogP contribution in [-0.2, 0) is 24.2 Å². The number of primary amides is 1. The fourth-order valence-electron chi connectivity index (χ4n) is 3.46. The maximum atomic E-state index is 13.4. The van der Waals surface area contributed by atoms with Gasteiger partial charge in [0.1, 0.15) is 4.83 Å². The van der Waals surface area contributed by atoms with Crippen LogP contribution >= 0.6 is 23.1 Å². The largest absolute Gasteiger partial charge is 0.351 e. The molecule has 0 saturated heterocycles. The standard InChI is InChI=1S/C19H26N4O3S2/c1-9(2)8-23-17(25)14-12-6-5-10(3)7-13(12)28-16(14)22-19(23)27-11(4)15(24)21-18(20)26/h9-11H,5-8H2,1-4H3,(H3,20,21,24,26). The Hall–Kier alpha value is -1.87. The smallest absolute Gasteiger partial charge is 0.318 e. The number of hydrogen-bond donors (Lipinski definition) is 2. The molecule has 2 aromatic rings. The first-order valence-electron chi connectivity index (χ1n) is 9.49. The fraction of sp³-hybridized carbons (Fsp3) is 0.579. The van der Waals surface area contributed by atoms with E-state index in [0.717, 1.165) is 35.0 Å². The van der Waals surface area contributed by atoms with E-state index in [0.29, 0.717) is 17.6 Å². The number of hydrogen-bond acceptors (Lipinski definition) is 6. The topological polar surface area (TPSA) is 107 Å². The second-order valence-corrected chi connectivity index (χ2v) is 10.2. The van der Waals surface area contributed by atoms with Crippen LogP contribution in [0.2, 0.25) is 0 Å². The van der Waals surface area contributed by atoms with E-state index in [2.05, 4.69) is 12.2 Å². The summed E-state index contributed by atoms with van der Waals surface area (Å²) in [6.07, 6.45) is 2.99. The van der Waals surface area contributed by atoms with Crippen molar-refractivity contribution < 1.29 is 9.59 Å². The molecule has 7 nitrogen and oxygen atoms in total. The summed E-state index contributed by atoms with van der Waals surface area (Å²) in [6.45, 7) is 8.51. The predicted molar refractivity (Wildman–Crippen MR) is 113 cm³/mol.